The second-order valence-electron chi connectivity index (χ2n) is 9.89. The Morgan fingerprint density at radius 2 is 1.77 bits per heavy atom. The van der Waals surface area contributed by atoms with Gasteiger partial charge in [-0.05, 0) is 78.5 Å². The van der Waals surface area contributed by atoms with Crippen molar-refractivity contribution in [1.82, 2.24) is 16.0 Å². The minimum absolute atomic E-state index is 0.0778. The van der Waals surface area contributed by atoms with E-state index < -0.39 is 6.04 Å². The van der Waals surface area contributed by atoms with Gasteiger partial charge in [0.1, 0.15) is 6.04 Å². The summed E-state index contributed by atoms with van der Waals surface area (Å²) in [5, 5.41) is 8.64. The van der Waals surface area contributed by atoms with Gasteiger partial charge in [-0.15, -0.1) is 11.8 Å². The first-order chi connectivity index (χ1) is 19.4. The zero-order valence-electron chi connectivity index (χ0n) is 23.5. The number of hydrogen-bond donors (Lipinski definition) is 3. The van der Waals surface area contributed by atoms with Crippen LogP contribution in [0.25, 0.3) is 11.1 Å². The van der Waals surface area contributed by atoms with Crippen LogP contribution in [0.3, 0.4) is 0 Å². The van der Waals surface area contributed by atoms with Crippen molar-refractivity contribution >= 4 is 35.3 Å². The Hall–Kier alpha value is -3.78. The number of benzene rings is 3. The number of nitrogens with zero attached hydrogens (tertiary/aromatic N) is 1. The lowest BCUT2D eigenvalue weighted by molar-refractivity contribution is -0.127. The third kappa shape index (κ3) is 7.24. The molecule has 4 rings (SSSR count). The van der Waals surface area contributed by atoms with E-state index in [4.69, 9.17) is 0 Å². The van der Waals surface area contributed by atoms with Crippen LogP contribution in [0.1, 0.15) is 49.8 Å². The van der Waals surface area contributed by atoms with Gasteiger partial charge < -0.3 is 20.9 Å². The first-order valence-electron chi connectivity index (χ1n) is 13.9. The molecular formula is C32H38N4O3S. The van der Waals surface area contributed by atoms with Gasteiger partial charge in [0.25, 0.3) is 0 Å². The van der Waals surface area contributed by atoms with Gasteiger partial charge in [0.2, 0.25) is 11.8 Å². The molecule has 3 N–H and O–H groups in total. The van der Waals surface area contributed by atoms with E-state index in [0.29, 0.717) is 32.5 Å². The average Bonchev–Trinajstić information content (AvgIpc) is 3.09. The number of thioether (sulfide) groups is 1. The normalized spacial score (nSPS) is 14.7. The minimum atomic E-state index is -0.548. The second-order valence-corrected chi connectivity index (χ2v) is 10.8. The lowest BCUT2D eigenvalue weighted by atomic mass is 9.98. The van der Waals surface area contributed by atoms with Crippen LogP contribution < -0.4 is 20.9 Å². The summed E-state index contributed by atoms with van der Waals surface area (Å²) < 4.78 is 0. The third-order valence-corrected chi connectivity index (χ3v) is 7.78. The molecule has 0 radical (unpaired) electrons. The van der Waals surface area contributed by atoms with Crippen molar-refractivity contribution in [3.63, 3.8) is 0 Å². The smallest absolute Gasteiger partial charge is 0.315 e. The first kappa shape index (κ1) is 29.2. The Balaban J connectivity index is 1.58. The molecule has 0 saturated carbocycles. The van der Waals surface area contributed by atoms with Crippen molar-refractivity contribution < 1.29 is 14.4 Å². The predicted octanol–water partition coefficient (Wildman–Crippen LogP) is 5.66. The maximum absolute atomic E-state index is 13.8. The van der Waals surface area contributed by atoms with Gasteiger partial charge in [-0.3, -0.25) is 9.59 Å². The average molecular weight is 559 g/mol. The van der Waals surface area contributed by atoms with E-state index in [1.165, 1.54) is 0 Å². The molecule has 1 heterocycles. The third-order valence-electron chi connectivity index (χ3n) is 7.06. The lowest BCUT2D eigenvalue weighted by Crippen LogP contribution is -2.47. The molecule has 0 spiro atoms. The van der Waals surface area contributed by atoms with E-state index >= 15 is 0 Å². The molecule has 3 aromatic rings. The number of anilines is 1. The fourth-order valence-electron chi connectivity index (χ4n) is 5.00. The van der Waals surface area contributed by atoms with Crippen LogP contribution >= 0.6 is 11.8 Å². The molecule has 0 aliphatic carbocycles. The maximum atomic E-state index is 13.8. The highest BCUT2D eigenvalue weighted by Gasteiger charge is 2.31. The van der Waals surface area contributed by atoms with Gasteiger partial charge >= 0.3 is 6.03 Å². The lowest BCUT2D eigenvalue weighted by Gasteiger charge is -2.27. The SMILES string of the molecule is CCCC(=O)N[C@@H]1CCc2cc(SC)ccc2N(Cc2ccc(-c3ccccc3CNC(=O)NCC)cc2)C1=O. The predicted molar refractivity (Wildman–Crippen MR) is 162 cm³/mol. The number of nitrogens with one attached hydrogen (secondary N) is 3. The van der Waals surface area contributed by atoms with Crippen LogP contribution in [0.4, 0.5) is 10.5 Å². The summed E-state index contributed by atoms with van der Waals surface area (Å²) in [7, 11) is 0. The highest BCUT2D eigenvalue weighted by molar-refractivity contribution is 7.98. The largest absolute Gasteiger partial charge is 0.344 e. The fourth-order valence-corrected chi connectivity index (χ4v) is 5.46. The van der Waals surface area contributed by atoms with Gasteiger partial charge in [0.15, 0.2) is 0 Å². The number of hydrogen-bond acceptors (Lipinski definition) is 4. The number of carbonyl (C=O) groups excluding carboxylic acids is 3. The molecular weight excluding hydrogens is 520 g/mol. The van der Waals surface area contributed by atoms with E-state index in [0.717, 1.165) is 51.2 Å². The molecule has 4 amide bonds. The summed E-state index contributed by atoms with van der Waals surface area (Å²) in [6.45, 7) is 5.25. The Kier molecular flexibility index (Phi) is 10.2. The number of amides is 4. The molecule has 40 heavy (non-hydrogen) atoms. The van der Waals surface area contributed by atoms with Crippen LogP contribution in [0, 0.1) is 0 Å². The summed E-state index contributed by atoms with van der Waals surface area (Å²) in [6, 6.07) is 21.7. The molecule has 7 nitrogen and oxygen atoms in total. The van der Waals surface area contributed by atoms with Crippen LogP contribution in [0.5, 0.6) is 0 Å². The maximum Gasteiger partial charge on any atom is 0.315 e. The molecule has 3 aromatic carbocycles. The van der Waals surface area contributed by atoms with E-state index in [1.54, 1.807) is 11.8 Å². The topological polar surface area (TPSA) is 90.5 Å². The van der Waals surface area contributed by atoms with Gasteiger partial charge in [-0.1, -0.05) is 55.5 Å². The van der Waals surface area contributed by atoms with Crippen LogP contribution in [0.15, 0.2) is 71.6 Å². The zero-order chi connectivity index (χ0) is 28.5. The van der Waals surface area contributed by atoms with E-state index in [1.807, 2.05) is 67.5 Å². The van der Waals surface area contributed by atoms with E-state index in [-0.39, 0.29) is 17.8 Å². The number of urea groups is 1. The van der Waals surface area contributed by atoms with Crippen molar-refractivity contribution in [2.45, 2.75) is 63.6 Å². The summed E-state index contributed by atoms with van der Waals surface area (Å²) in [6.07, 6.45) is 4.50. The Morgan fingerprint density at radius 1 is 1.00 bits per heavy atom. The molecule has 0 unspecified atom stereocenters. The monoisotopic (exact) mass is 558 g/mol. The molecule has 1 aliphatic rings. The van der Waals surface area contributed by atoms with Gasteiger partial charge in [-0.25, -0.2) is 4.79 Å². The van der Waals surface area contributed by atoms with Crippen molar-refractivity contribution in [2.75, 3.05) is 17.7 Å². The van der Waals surface area contributed by atoms with Crippen LogP contribution in [0.2, 0.25) is 0 Å². The van der Waals surface area contributed by atoms with Crippen LogP contribution in [-0.4, -0.2) is 36.7 Å². The molecule has 0 saturated heterocycles. The zero-order valence-corrected chi connectivity index (χ0v) is 24.3. The van der Waals surface area contributed by atoms with Crippen molar-refractivity contribution in [3.8, 4) is 11.1 Å². The summed E-state index contributed by atoms with van der Waals surface area (Å²) in [5.41, 5.74) is 6.13. The Labute approximate surface area is 241 Å². The van der Waals surface area contributed by atoms with E-state index in [2.05, 4.69) is 40.2 Å². The Morgan fingerprint density at radius 3 is 2.50 bits per heavy atom. The number of rotatable bonds is 10. The van der Waals surface area contributed by atoms with E-state index in [9.17, 15) is 14.4 Å². The molecule has 0 aromatic heterocycles. The highest BCUT2D eigenvalue weighted by atomic mass is 32.2. The molecule has 1 atom stereocenters. The number of aryl methyl sites for hydroxylation is 1. The molecule has 1 aliphatic heterocycles. The highest BCUT2D eigenvalue weighted by Crippen LogP contribution is 2.32. The summed E-state index contributed by atoms with van der Waals surface area (Å²) in [5.74, 6) is -0.160. The first-order valence-corrected chi connectivity index (χ1v) is 15.1. The summed E-state index contributed by atoms with van der Waals surface area (Å²) in [4.78, 5) is 41.1. The van der Waals surface area contributed by atoms with Gasteiger partial charge in [0.05, 0.1) is 6.54 Å². The molecule has 210 valence electrons. The Bertz CT molecular complexity index is 1340. The van der Waals surface area contributed by atoms with Crippen LogP contribution in [-0.2, 0) is 29.1 Å². The minimum Gasteiger partial charge on any atom is -0.344 e. The second kappa shape index (κ2) is 14.0. The molecule has 8 heteroatoms. The number of fused-ring (bicyclic) bond motifs is 1. The van der Waals surface area contributed by atoms with Gasteiger partial charge in [-0.2, -0.15) is 0 Å². The summed E-state index contributed by atoms with van der Waals surface area (Å²) >= 11 is 1.68. The van der Waals surface area contributed by atoms with Crippen molar-refractivity contribution in [2.24, 2.45) is 0 Å². The fraction of sp³-hybridized carbons (Fsp3) is 0.344. The molecule has 0 fully saturated rings. The standard InChI is InChI=1S/C32H38N4O3S/c1-4-8-30(37)35-28-17-15-24-19-26(40-3)16-18-29(24)36(31(28)38)21-22-11-13-23(14-12-22)27-10-7-6-9-25(27)20-34-32(39)33-5-2/h6-7,9-14,16,18-19,28H,4-5,8,15,17,20-21H2,1-3H3,(H,35,37)(H2,33,34,39)/t28-/m1/s1. The quantitative estimate of drug-likeness (QED) is 0.280. The van der Waals surface area contributed by atoms with Gasteiger partial charge in [0, 0.05) is 30.1 Å². The number of carbonyl (C=O) groups is 3. The van der Waals surface area contributed by atoms with Crippen molar-refractivity contribution in [1.29, 1.82) is 0 Å². The molecule has 0 bridgehead atoms. The van der Waals surface area contributed by atoms with Crippen molar-refractivity contribution in [3.05, 3.63) is 83.4 Å².